The second kappa shape index (κ2) is 7.91. The summed E-state index contributed by atoms with van der Waals surface area (Å²) in [5, 5.41) is 12.2. The van der Waals surface area contributed by atoms with Gasteiger partial charge in [0.25, 0.3) is 5.56 Å². The molecule has 7 heteroatoms. The average molecular weight is 449 g/mol. The van der Waals surface area contributed by atoms with Gasteiger partial charge in [-0.2, -0.15) is 0 Å². The predicted octanol–water partition coefficient (Wildman–Crippen LogP) is 5.27. The summed E-state index contributed by atoms with van der Waals surface area (Å²) in [4.78, 5) is 24.6. The van der Waals surface area contributed by atoms with Crippen LogP contribution < -0.4 is 5.56 Å². The van der Waals surface area contributed by atoms with Gasteiger partial charge in [-0.15, -0.1) is 11.8 Å². The molecule has 1 aliphatic rings. The minimum Gasteiger partial charge on any atom is -0.480 e. The number of halogens is 2. The van der Waals surface area contributed by atoms with E-state index in [1.807, 2.05) is 42.5 Å². The van der Waals surface area contributed by atoms with Crippen LogP contribution in [0.1, 0.15) is 17.2 Å². The van der Waals surface area contributed by atoms with Crippen molar-refractivity contribution in [1.29, 1.82) is 0 Å². The van der Waals surface area contributed by atoms with Crippen LogP contribution in [0.4, 0.5) is 8.78 Å². The van der Waals surface area contributed by atoms with E-state index in [1.165, 1.54) is 28.5 Å². The maximum Gasteiger partial charge on any atom is 0.327 e. The summed E-state index contributed by atoms with van der Waals surface area (Å²) >= 11 is 1.24. The Morgan fingerprint density at radius 1 is 1.00 bits per heavy atom. The molecule has 1 atom stereocenters. The van der Waals surface area contributed by atoms with Crippen molar-refractivity contribution in [3.8, 4) is 11.1 Å². The van der Waals surface area contributed by atoms with Crippen LogP contribution in [-0.2, 0) is 11.2 Å². The lowest BCUT2D eigenvalue weighted by Crippen LogP contribution is -2.29. The minimum atomic E-state index is -1.10. The number of carboxylic acid groups (broad SMARTS) is 1. The molecule has 1 N–H and O–H groups in total. The molecule has 0 spiro atoms. The van der Waals surface area contributed by atoms with Gasteiger partial charge in [0.2, 0.25) is 0 Å². The first-order valence-corrected chi connectivity index (χ1v) is 11.0. The van der Waals surface area contributed by atoms with Crippen molar-refractivity contribution >= 4 is 28.5 Å². The number of thioether (sulfide) groups is 1. The minimum absolute atomic E-state index is 0.195. The van der Waals surface area contributed by atoms with Crippen LogP contribution in [0.5, 0.6) is 0 Å². The molecule has 0 unspecified atom stereocenters. The van der Waals surface area contributed by atoms with E-state index in [-0.39, 0.29) is 5.75 Å². The van der Waals surface area contributed by atoms with E-state index in [1.54, 1.807) is 0 Å². The molecule has 0 bridgehead atoms. The van der Waals surface area contributed by atoms with Crippen LogP contribution in [0.3, 0.4) is 0 Å². The molecule has 0 fully saturated rings. The number of carbonyl (C=O) groups is 1. The molecule has 5 rings (SSSR count). The molecule has 32 heavy (non-hydrogen) atoms. The zero-order valence-electron chi connectivity index (χ0n) is 16.7. The largest absolute Gasteiger partial charge is 0.480 e. The smallest absolute Gasteiger partial charge is 0.327 e. The third kappa shape index (κ3) is 3.48. The molecule has 0 radical (unpaired) electrons. The van der Waals surface area contributed by atoms with Crippen LogP contribution in [0.2, 0.25) is 0 Å². The van der Waals surface area contributed by atoms with E-state index in [9.17, 15) is 23.5 Å². The zero-order valence-corrected chi connectivity index (χ0v) is 17.5. The summed E-state index contributed by atoms with van der Waals surface area (Å²) in [6.45, 7) is 0. The third-order valence-corrected chi connectivity index (χ3v) is 6.84. The molecule has 4 aromatic rings. The quantitative estimate of drug-likeness (QED) is 0.461. The first kappa shape index (κ1) is 20.5. The van der Waals surface area contributed by atoms with Gasteiger partial charge < -0.3 is 5.11 Å². The Kier molecular flexibility index (Phi) is 5.06. The molecule has 2 heterocycles. The fraction of sp³-hybridized carbons (Fsp3) is 0.120. The van der Waals surface area contributed by atoms with E-state index in [2.05, 4.69) is 0 Å². The maximum atomic E-state index is 14.1. The fourth-order valence-corrected chi connectivity index (χ4v) is 5.53. The van der Waals surface area contributed by atoms with Gasteiger partial charge >= 0.3 is 5.97 Å². The molecule has 160 valence electrons. The fourth-order valence-electron chi connectivity index (χ4n) is 4.17. The van der Waals surface area contributed by atoms with Gasteiger partial charge in [-0.25, -0.2) is 13.6 Å². The van der Waals surface area contributed by atoms with Crippen molar-refractivity contribution in [3.05, 3.63) is 99.8 Å². The summed E-state index contributed by atoms with van der Waals surface area (Å²) in [5.41, 5.74) is 2.14. The summed E-state index contributed by atoms with van der Waals surface area (Å²) in [6.07, 6.45) is 0.389. The number of aliphatic carboxylic acids is 1. The number of rotatable bonds is 4. The standard InChI is InChI=1S/C25H17F2NO3S/c26-19-8-7-17(11-20(19)27)23-18(10-14-5-6-15-3-1-2-4-16(15)9-14)12-22(29)28-21(25(30)31)13-32-24(23)28/h1-9,11-12,21H,10,13H2,(H,30,31)/t21-/m0/s1. The normalized spacial score (nSPS) is 15.1. The van der Waals surface area contributed by atoms with E-state index in [4.69, 9.17) is 0 Å². The molecule has 3 aromatic carbocycles. The molecular weight excluding hydrogens is 432 g/mol. The highest BCUT2D eigenvalue weighted by Gasteiger charge is 2.33. The second-order valence-corrected chi connectivity index (χ2v) is 8.72. The Balaban J connectivity index is 1.70. The zero-order chi connectivity index (χ0) is 22.4. The average Bonchev–Trinajstić information content (AvgIpc) is 3.22. The Bertz CT molecular complexity index is 1450. The summed E-state index contributed by atoms with van der Waals surface area (Å²) in [7, 11) is 0. The Morgan fingerprint density at radius 3 is 2.53 bits per heavy atom. The summed E-state index contributed by atoms with van der Waals surface area (Å²) < 4.78 is 28.9. The molecule has 0 aliphatic carbocycles. The SMILES string of the molecule is O=C(O)[C@@H]1CSc2c(-c3ccc(F)c(F)c3)c(Cc3ccc4ccccc4c3)cc(=O)n21. The Labute approximate surface area is 186 Å². The van der Waals surface area contributed by atoms with Gasteiger partial charge in [0, 0.05) is 17.4 Å². The van der Waals surface area contributed by atoms with Gasteiger partial charge in [-0.1, -0.05) is 48.5 Å². The van der Waals surface area contributed by atoms with Crippen molar-refractivity contribution in [2.75, 3.05) is 5.75 Å². The van der Waals surface area contributed by atoms with E-state index in [0.717, 1.165) is 28.5 Å². The van der Waals surface area contributed by atoms with Gasteiger partial charge in [0.15, 0.2) is 11.6 Å². The number of pyridine rings is 1. The maximum absolute atomic E-state index is 14.1. The lowest BCUT2D eigenvalue weighted by molar-refractivity contribution is -0.140. The lowest BCUT2D eigenvalue weighted by Gasteiger charge is -2.17. The molecule has 0 saturated heterocycles. The van der Waals surface area contributed by atoms with E-state index >= 15 is 0 Å². The molecular formula is C25H17F2NO3S. The topological polar surface area (TPSA) is 59.3 Å². The van der Waals surface area contributed by atoms with Gasteiger partial charge in [-0.3, -0.25) is 9.36 Å². The van der Waals surface area contributed by atoms with Gasteiger partial charge in [0.1, 0.15) is 6.04 Å². The molecule has 1 aromatic heterocycles. The monoisotopic (exact) mass is 449 g/mol. The van der Waals surface area contributed by atoms with Gasteiger partial charge in [-0.05, 0) is 46.0 Å². The van der Waals surface area contributed by atoms with Crippen LogP contribution in [-0.4, -0.2) is 21.4 Å². The van der Waals surface area contributed by atoms with Crippen molar-refractivity contribution < 1.29 is 18.7 Å². The first-order valence-electron chi connectivity index (χ1n) is 9.99. The number of fused-ring (bicyclic) bond motifs is 2. The highest BCUT2D eigenvalue weighted by Crippen LogP contribution is 2.41. The van der Waals surface area contributed by atoms with E-state index < -0.39 is 29.2 Å². The second-order valence-electron chi connectivity index (χ2n) is 7.71. The Hall–Kier alpha value is -3.45. The predicted molar refractivity (Wildman–Crippen MR) is 120 cm³/mol. The molecule has 1 aliphatic heterocycles. The van der Waals surface area contributed by atoms with Crippen LogP contribution in [0.25, 0.3) is 21.9 Å². The molecule has 0 amide bonds. The lowest BCUT2D eigenvalue weighted by atomic mass is 9.95. The van der Waals surface area contributed by atoms with Crippen molar-refractivity contribution in [2.45, 2.75) is 17.5 Å². The van der Waals surface area contributed by atoms with Crippen molar-refractivity contribution in [3.63, 3.8) is 0 Å². The van der Waals surface area contributed by atoms with Crippen LogP contribution in [0.15, 0.2) is 76.6 Å². The number of benzene rings is 3. The third-order valence-electron chi connectivity index (χ3n) is 5.68. The van der Waals surface area contributed by atoms with Crippen LogP contribution in [0, 0.1) is 11.6 Å². The number of nitrogens with zero attached hydrogens (tertiary/aromatic N) is 1. The first-order chi connectivity index (χ1) is 15.4. The Morgan fingerprint density at radius 2 is 1.78 bits per heavy atom. The number of hydrogen-bond donors (Lipinski definition) is 1. The highest BCUT2D eigenvalue weighted by molar-refractivity contribution is 7.99. The van der Waals surface area contributed by atoms with Crippen molar-refractivity contribution in [2.24, 2.45) is 0 Å². The summed E-state index contributed by atoms with van der Waals surface area (Å²) in [5.74, 6) is -2.87. The number of carboxylic acids is 1. The molecule has 0 saturated carbocycles. The molecule has 4 nitrogen and oxygen atoms in total. The number of aromatic nitrogens is 1. The number of hydrogen-bond acceptors (Lipinski definition) is 3. The summed E-state index contributed by atoms with van der Waals surface area (Å²) in [6, 6.07) is 17.9. The van der Waals surface area contributed by atoms with Crippen molar-refractivity contribution in [1.82, 2.24) is 4.57 Å². The highest BCUT2D eigenvalue weighted by atomic mass is 32.2. The van der Waals surface area contributed by atoms with E-state index in [0.29, 0.717) is 28.1 Å². The van der Waals surface area contributed by atoms with Gasteiger partial charge in [0.05, 0.1) is 5.03 Å². The van der Waals surface area contributed by atoms with Crippen LogP contribution >= 0.6 is 11.8 Å².